The molecule has 2 aromatic carbocycles. The van der Waals surface area contributed by atoms with E-state index in [0.29, 0.717) is 8.96 Å². The highest BCUT2D eigenvalue weighted by Crippen LogP contribution is 2.42. The SMILES string of the molecule is N#Cc1nn(-c2c(Cl)cc(C(F)(F)F)cc2Cl)c(N)c1C(Br)=C(Br)c1ccccc1. The number of hydrogen-bond acceptors (Lipinski definition) is 3. The summed E-state index contributed by atoms with van der Waals surface area (Å²) in [6, 6.07) is 12.5. The van der Waals surface area contributed by atoms with E-state index in [-0.39, 0.29) is 32.8 Å². The summed E-state index contributed by atoms with van der Waals surface area (Å²) in [5.74, 6) is -0.0325. The van der Waals surface area contributed by atoms with Crippen molar-refractivity contribution in [1.29, 1.82) is 5.26 Å². The largest absolute Gasteiger partial charge is 0.416 e. The molecule has 0 bridgehead atoms. The summed E-state index contributed by atoms with van der Waals surface area (Å²) >= 11 is 19.0. The van der Waals surface area contributed by atoms with E-state index in [1.165, 1.54) is 0 Å². The molecule has 0 fully saturated rings. The maximum atomic E-state index is 13.0. The Hall–Kier alpha value is -1.99. The number of rotatable bonds is 3. The van der Waals surface area contributed by atoms with Gasteiger partial charge in [-0.25, -0.2) is 4.68 Å². The van der Waals surface area contributed by atoms with Crippen LogP contribution in [0.5, 0.6) is 0 Å². The lowest BCUT2D eigenvalue weighted by Gasteiger charge is -2.13. The van der Waals surface area contributed by atoms with Gasteiger partial charge in [-0.05, 0) is 49.6 Å². The van der Waals surface area contributed by atoms with Crippen LogP contribution in [0.15, 0.2) is 42.5 Å². The Bertz CT molecular complexity index is 1180. The average molecular weight is 581 g/mol. The molecule has 3 rings (SSSR count). The summed E-state index contributed by atoms with van der Waals surface area (Å²) in [6.07, 6.45) is -4.63. The molecule has 1 heterocycles. The number of alkyl halides is 3. The van der Waals surface area contributed by atoms with Crippen molar-refractivity contribution in [2.45, 2.75) is 6.18 Å². The number of nitrogens with two attached hydrogens (primary N) is 1. The molecule has 0 radical (unpaired) electrons. The van der Waals surface area contributed by atoms with E-state index in [1.807, 2.05) is 36.4 Å². The van der Waals surface area contributed by atoms with Crippen LogP contribution in [0.1, 0.15) is 22.4 Å². The van der Waals surface area contributed by atoms with Gasteiger partial charge in [0.2, 0.25) is 0 Å². The smallest absolute Gasteiger partial charge is 0.383 e. The van der Waals surface area contributed by atoms with Crippen LogP contribution in [-0.4, -0.2) is 9.78 Å². The molecule has 0 saturated carbocycles. The Morgan fingerprint density at radius 3 is 2.13 bits per heavy atom. The number of nitriles is 1. The number of nitrogen functional groups attached to an aromatic ring is 1. The fraction of sp³-hybridized carbons (Fsp3) is 0.0526. The molecule has 0 amide bonds. The molecule has 154 valence electrons. The first-order valence-electron chi connectivity index (χ1n) is 8.02. The van der Waals surface area contributed by atoms with E-state index in [2.05, 4.69) is 37.0 Å². The maximum Gasteiger partial charge on any atom is 0.416 e. The van der Waals surface area contributed by atoms with E-state index in [1.54, 1.807) is 0 Å². The first-order chi connectivity index (χ1) is 14.1. The molecule has 0 aliphatic heterocycles. The zero-order chi connectivity index (χ0) is 22.2. The standard InChI is InChI=1S/C19H9Br2Cl2F3N4/c20-15(9-4-2-1-3-5-9)16(21)14-13(8-27)29-30(18(14)28)17-11(22)6-10(7-12(17)23)19(24,25)26/h1-7H,28H2. The van der Waals surface area contributed by atoms with Crippen LogP contribution in [0.4, 0.5) is 19.0 Å². The number of anilines is 1. The molecule has 1 aromatic heterocycles. The molecule has 2 N–H and O–H groups in total. The van der Waals surface area contributed by atoms with Crippen LogP contribution in [-0.2, 0) is 6.18 Å². The number of halogens is 7. The number of nitrogens with zero attached hydrogens (tertiary/aromatic N) is 3. The summed E-state index contributed by atoms with van der Waals surface area (Å²) in [6.45, 7) is 0. The summed E-state index contributed by atoms with van der Waals surface area (Å²) < 4.78 is 41.1. The highest BCUT2D eigenvalue weighted by molar-refractivity contribution is 9.18. The number of aromatic nitrogens is 2. The Labute approximate surface area is 195 Å². The molecule has 0 aliphatic carbocycles. The van der Waals surface area contributed by atoms with E-state index >= 15 is 0 Å². The molecule has 0 aliphatic rings. The summed E-state index contributed by atoms with van der Waals surface area (Å²) in [4.78, 5) is 0. The van der Waals surface area contributed by atoms with E-state index in [0.717, 1.165) is 22.4 Å². The van der Waals surface area contributed by atoms with Gasteiger partial charge in [0.05, 0.1) is 21.2 Å². The normalized spacial score (nSPS) is 12.5. The summed E-state index contributed by atoms with van der Waals surface area (Å²) in [5.41, 5.74) is 6.10. The molecular formula is C19H9Br2Cl2F3N4. The molecule has 11 heteroatoms. The Morgan fingerprint density at radius 1 is 1.07 bits per heavy atom. The van der Waals surface area contributed by atoms with Crippen molar-refractivity contribution < 1.29 is 13.2 Å². The van der Waals surface area contributed by atoms with Crippen LogP contribution >= 0.6 is 55.1 Å². The molecule has 0 saturated heterocycles. The van der Waals surface area contributed by atoms with Gasteiger partial charge in [0.25, 0.3) is 0 Å². The quantitative estimate of drug-likeness (QED) is 0.354. The molecule has 30 heavy (non-hydrogen) atoms. The fourth-order valence-corrected chi connectivity index (χ4v) is 4.38. The second kappa shape index (κ2) is 8.63. The minimum Gasteiger partial charge on any atom is -0.383 e. The van der Waals surface area contributed by atoms with Crippen molar-refractivity contribution in [2.75, 3.05) is 5.73 Å². The Kier molecular flexibility index (Phi) is 6.53. The van der Waals surface area contributed by atoms with Crippen molar-refractivity contribution in [1.82, 2.24) is 9.78 Å². The third-order valence-corrected chi connectivity index (χ3v) is 6.78. The van der Waals surface area contributed by atoms with Gasteiger partial charge in [0.15, 0.2) is 5.69 Å². The maximum absolute atomic E-state index is 13.0. The Morgan fingerprint density at radius 2 is 1.63 bits per heavy atom. The van der Waals surface area contributed by atoms with Gasteiger partial charge in [0.1, 0.15) is 17.6 Å². The lowest BCUT2D eigenvalue weighted by atomic mass is 10.1. The van der Waals surface area contributed by atoms with Gasteiger partial charge < -0.3 is 5.73 Å². The van der Waals surface area contributed by atoms with Crippen LogP contribution in [0.25, 0.3) is 14.7 Å². The lowest BCUT2D eigenvalue weighted by Crippen LogP contribution is -2.08. The number of benzene rings is 2. The van der Waals surface area contributed by atoms with Crippen molar-refractivity contribution in [2.24, 2.45) is 0 Å². The van der Waals surface area contributed by atoms with Gasteiger partial charge in [-0.3, -0.25) is 0 Å². The van der Waals surface area contributed by atoms with Gasteiger partial charge in [0, 0.05) is 8.96 Å². The second-order valence-electron chi connectivity index (χ2n) is 5.91. The van der Waals surface area contributed by atoms with Crippen molar-refractivity contribution >= 4 is 69.8 Å². The van der Waals surface area contributed by atoms with Crippen LogP contribution < -0.4 is 5.73 Å². The third kappa shape index (κ3) is 4.23. The average Bonchev–Trinajstić information content (AvgIpc) is 3.02. The zero-order valence-corrected chi connectivity index (χ0v) is 19.3. The number of hydrogen-bond donors (Lipinski definition) is 1. The lowest BCUT2D eigenvalue weighted by molar-refractivity contribution is -0.137. The van der Waals surface area contributed by atoms with E-state index in [4.69, 9.17) is 28.9 Å². The van der Waals surface area contributed by atoms with E-state index < -0.39 is 11.7 Å². The highest BCUT2D eigenvalue weighted by atomic mass is 79.9. The zero-order valence-electron chi connectivity index (χ0n) is 14.6. The molecular weight excluding hydrogens is 572 g/mol. The molecule has 3 aromatic rings. The van der Waals surface area contributed by atoms with Crippen molar-refractivity contribution in [3.05, 3.63) is 74.9 Å². The van der Waals surface area contributed by atoms with Gasteiger partial charge >= 0.3 is 6.18 Å². The van der Waals surface area contributed by atoms with Crippen LogP contribution in [0.2, 0.25) is 10.0 Å². The molecule has 0 spiro atoms. The van der Waals surface area contributed by atoms with Gasteiger partial charge in [-0.15, -0.1) is 0 Å². The summed E-state index contributed by atoms with van der Waals surface area (Å²) in [5, 5.41) is 13.0. The highest BCUT2D eigenvalue weighted by Gasteiger charge is 2.33. The molecule has 0 atom stereocenters. The van der Waals surface area contributed by atoms with Crippen molar-refractivity contribution in [3.63, 3.8) is 0 Å². The monoisotopic (exact) mass is 578 g/mol. The van der Waals surface area contributed by atoms with Crippen LogP contribution in [0.3, 0.4) is 0 Å². The minimum atomic E-state index is -4.63. The third-order valence-electron chi connectivity index (χ3n) is 4.02. The predicted molar refractivity (Wildman–Crippen MR) is 119 cm³/mol. The van der Waals surface area contributed by atoms with E-state index in [9.17, 15) is 18.4 Å². The first kappa shape index (κ1) is 22.7. The minimum absolute atomic E-state index is 0.0325. The molecule has 4 nitrogen and oxygen atoms in total. The van der Waals surface area contributed by atoms with Crippen molar-refractivity contribution in [3.8, 4) is 11.8 Å². The molecule has 0 unspecified atom stereocenters. The fourth-order valence-electron chi connectivity index (χ4n) is 2.65. The van der Waals surface area contributed by atoms with Gasteiger partial charge in [-0.2, -0.15) is 23.5 Å². The predicted octanol–water partition coefficient (Wildman–Crippen LogP) is 7.27. The Balaban J connectivity index is 2.23. The first-order valence-corrected chi connectivity index (χ1v) is 10.4. The van der Waals surface area contributed by atoms with Crippen LogP contribution in [0, 0.1) is 11.3 Å². The topological polar surface area (TPSA) is 67.6 Å². The second-order valence-corrected chi connectivity index (χ2v) is 8.31. The summed E-state index contributed by atoms with van der Waals surface area (Å²) in [7, 11) is 0. The van der Waals surface area contributed by atoms with Gasteiger partial charge in [-0.1, -0.05) is 53.5 Å².